The molecule has 4 nitrogen and oxygen atoms in total. The molecule has 0 aromatic heterocycles. The summed E-state index contributed by atoms with van der Waals surface area (Å²) in [7, 11) is 0. The molecular weight excluding hydrogens is 160 g/mol. The summed E-state index contributed by atoms with van der Waals surface area (Å²) in [4.78, 5) is 0. The van der Waals surface area contributed by atoms with E-state index in [1.807, 2.05) is 0 Å². The van der Waals surface area contributed by atoms with Crippen molar-refractivity contribution in [1.82, 2.24) is 0 Å². The van der Waals surface area contributed by atoms with Gasteiger partial charge in [-0.2, -0.15) is 0 Å². The van der Waals surface area contributed by atoms with E-state index in [-0.39, 0.29) is 18.2 Å². The van der Waals surface area contributed by atoms with Crippen LogP contribution in [0.25, 0.3) is 0 Å². The van der Waals surface area contributed by atoms with Crippen molar-refractivity contribution in [2.45, 2.75) is 32.3 Å². The van der Waals surface area contributed by atoms with Crippen molar-refractivity contribution in [1.29, 1.82) is 0 Å². The molecule has 4 N–H and O–H groups in total. The van der Waals surface area contributed by atoms with Crippen LogP contribution in [0.15, 0.2) is 0 Å². The van der Waals surface area contributed by atoms with Crippen molar-refractivity contribution >= 4 is 0 Å². The molecule has 0 aliphatic rings. The van der Waals surface area contributed by atoms with Crippen molar-refractivity contribution in [3.8, 4) is 0 Å². The zero-order valence-corrected chi connectivity index (χ0v) is 7.62. The molecule has 1 atom stereocenters. The van der Waals surface area contributed by atoms with Crippen molar-refractivity contribution < 1.29 is 20.4 Å². The van der Waals surface area contributed by atoms with Crippen LogP contribution in [0.3, 0.4) is 0 Å². The van der Waals surface area contributed by atoms with Crippen LogP contribution in [0.2, 0.25) is 0 Å². The fourth-order valence-electron chi connectivity index (χ4n) is 0.807. The van der Waals surface area contributed by atoms with Crippen molar-refractivity contribution in [2.75, 3.05) is 19.8 Å². The van der Waals surface area contributed by atoms with Gasteiger partial charge >= 0.3 is 0 Å². The minimum atomic E-state index is -0.360. The predicted octanol–water partition coefficient (Wildman–Crippen LogP) is -0.278. The number of hydrogen-bond acceptors (Lipinski definition) is 3. The highest BCUT2D eigenvalue weighted by Gasteiger charge is 2.01. The van der Waals surface area contributed by atoms with E-state index >= 15 is 0 Å². The largest absolute Gasteiger partial charge is 0.412 e. The first kappa shape index (κ1) is 14.4. The summed E-state index contributed by atoms with van der Waals surface area (Å²) in [6.45, 7) is 2.78. The molecule has 12 heavy (non-hydrogen) atoms. The lowest BCUT2D eigenvalue weighted by molar-refractivity contribution is 0.0172. The zero-order chi connectivity index (χ0) is 8.53. The highest BCUT2D eigenvalue weighted by atomic mass is 16.5. The molecule has 4 heteroatoms. The molecule has 0 aliphatic carbocycles. The standard InChI is InChI=1S/C8H18O3.H2O/c1-2-3-4-8(10)7-11-6-5-9;/h8-10H,2-7H2,1H3;1H2. The topological polar surface area (TPSA) is 81.2 Å². The van der Waals surface area contributed by atoms with E-state index < -0.39 is 0 Å². The second-order valence-electron chi connectivity index (χ2n) is 2.59. The average Bonchev–Trinajstić information content (AvgIpc) is 2.01. The number of hydrogen-bond donors (Lipinski definition) is 2. The number of aliphatic hydroxyl groups excluding tert-OH is 2. The Bertz CT molecular complexity index is 77.5. The van der Waals surface area contributed by atoms with Gasteiger partial charge < -0.3 is 20.4 Å². The normalized spacial score (nSPS) is 12.2. The van der Waals surface area contributed by atoms with Crippen molar-refractivity contribution in [3.05, 3.63) is 0 Å². The Labute approximate surface area is 73.5 Å². The second kappa shape index (κ2) is 10.8. The number of ether oxygens (including phenoxy) is 1. The lowest BCUT2D eigenvalue weighted by Crippen LogP contribution is -2.16. The van der Waals surface area contributed by atoms with Crippen LogP contribution >= 0.6 is 0 Å². The third-order valence-corrected chi connectivity index (χ3v) is 1.44. The van der Waals surface area contributed by atoms with E-state index in [1.165, 1.54) is 0 Å². The summed E-state index contributed by atoms with van der Waals surface area (Å²) in [5.74, 6) is 0. The van der Waals surface area contributed by atoms with Gasteiger partial charge in [0.05, 0.1) is 25.9 Å². The van der Waals surface area contributed by atoms with Crippen LogP contribution < -0.4 is 0 Å². The quantitative estimate of drug-likeness (QED) is 0.529. The number of rotatable bonds is 7. The molecule has 0 aliphatic heterocycles. The molecule has 0 aromatic carbocycles. The molecule has 0 bridgehead atoms. The Hall–Kier alpha value is -0.160. The molecule has 0 aromatic rings. The summed E-state index contributed by atoms with van der Waals surface area (Å²) >= 11 is 0. The minimum absolute atomic E-state index is 0. The molecule has 0 amide bonds. The van der Waals surface area contributed by atoms with Crippen LogP contribution in [-0.2, 0) is 4.74 Å². The first-order valence-electron chi connectivity index (χ1n) is 4.18. The van der Waals surface area contributed by atoms with E-state index in [1.54, 1.807) is 0 Å². The monoisotopic (exact) mass is 180 g/mol. The highest BCUT2D eigenvalue weighted by Crippen LogP contribution is 1.99. The Morgan fingerprint density at radius 1 is 1.42 bits per heavy atom. The van der Waals surface area contributed by atoms with Gasteiger partial charge in [0, 0.05) is 0 Å². The van der Waals surface area contributed by atoms with Crippen molar-refractivity contribution in [2.24, 2.45) is 0 Å². The van der Waals surface area contributed by atoms with Gasteiger partial charge in [0.15, 0.2) is 0 Å². The van der Waals surface area contributed by atoms with Crippen LogP contribution in [0.5, 0.6) is 0 Å². The Balaban J connectivity index is 0. The maximum Gasteiger partial charge on any atom is 0.0773 e. The number of aliphatic hydroxyl groups is 2. The summed E-state index contributed by atoms with van der Waals surface area (Å²) in [5.41, 5.74) is 0. The minimum Gasteiger partial charge on any atom is -0.412 e. The predicted molar refractivity (Wildman–Crippen MR) is 47.1 cm³/mol. The summed E-state index contributed by atoms with van der Waals surface area (Å²) < 4.78 is 4.94. The molecule has 0 saturated carbocycles. The Morgan fingerprint density at radius 2 is 2.08 bits per heavy atom. The van der Waals surface area contributed by atoms with Gasteiger partial charge in [0.2, 0.25) is 0 Å². The SMILES string of the molecule is CCCCC(O)COCCO.O. The average molecular weight is 180 g/mol. The molecule has 76 valence electrons. The maximum atomic E-state index is 9.20. The highest BCUT2D eigenvalue weighted by molar-refractivity contribution is 4.52. The number of unbranched alkanes of at least 4 members (excludes halogenated alkanes) is 1. The molecular formula is C8H20O4. The van der Waals surface area contributed by atoms with E-state index in [4.69, 9.17) is 9.84 Å². The van der Waals surface area contributed by atoms with Gasteiger partial charge in [-0.1, -0.05) is 19.8 Å². The van der Waals surface area contributed by atoms with Gasteiger partial charge in [0.1, 0.15) is 0 Å². The van der Waals surface area contributed by atoms with E-state index in [2.05, 4.69) is 6.92 Å². The van der Waals surface area contributed by atoms with E-state index in [9.17, 15) is 5.11 Å². The van der Waals surface area contributed by atoms with Crippen LogP contribution in [0.1, 0.15) is 26.2 Å². The van der Waals surface area contributed by atoms with Gasteiger partial charge in [-0.15, -0.1) is 0 Å². The fraction of sp³-hybridized carbons (Fsp3) is 1.00. The van der Waals surface area contributed by atoms with Gasteiger partial charge in [0.25, 0.3) is 0 Å². The third-order valence-electron chi connectivity index (χ3n) is 1.44. The van der Waals surface area contributed by atoms with Crippen molar-refractivity contribution in [3.63, 3.8) is 0 Å². The molecule has 0 fully saturated rings. The van der Waals surface area contributed by atoms with E-state index in [0.717, 1.165) is 19.3 Å². The summed E-state index contributed by atoms with van der Waals surface area (Å²) in [5, 5.41) is 17.5. The maximum absolute atomic E-state index is 9.20. The first-order chi connectivity index (χ1) is 5.31. The Morgan fingerprint density at radius 3 is 2.58 bits per heavy atom. The first-order valence-corrected chi connectivity index (χ1v) is 4.18. The zero-order valence-electron chi connectivity index (χ0n) is 7.62. The lowest BCUT2D eigenvalue weighted by Gasteiger charge is -2.09. The second-order valence-corrected chi connectivity index (χ2v) is 2.59. The van der Waals surface area contributed by atoms with Gasteiger partial charge in [-0.3, -0.25) is 0 Å². The van der Waals surface area contributed by atoms with Crippen LogP contribution in [0, 0.1) is 0 Å². The van der Waals surface area contributed by atoms with Gasteiger partial charge in [-0.05, 0) is 6.42 Å². The third kappa shape index (κ3) is 9.84. The Kier molecular flexibility index (Phi) is 13.0. The molecule has 0 rings (SSSR count). The van der Waals surface area contributed by atoms with Gasteiger partial charge in [-0.25, -0.2) is 0 Å². The van der Waals surface area contributed by atoms with Crippen LogP contribution in [0.4, 0.5) is 0 Å². The molecule has 0 radical (unpaired) electrons. The summed E-state index contributed by atoms with van der Waals surface area (Å²) in [6, 6.07) is 0. The molecule has 0 spiro atoms. The van der Waals surface area contributed by atoms with Crippen LogP contribution in [-0.4, -0.2) is 41.6 Å². The molecule has 1 unspecified atom stereocenters. The lowest BCUT2D eigenvalue weighted by atomic mass is 10.2. The fourth-order valence-corrected chi connectivity index (χ4v) is 0.807. The smallest absolute Gasteiger partial charge is 0.0773 e. The summed E-state index contributed by atoms with van der Waals surface area (Å²) in [6.07, 6.45) is 2.56. The van der Waals surface area contributed by atoms with E-state index in [0.29, 0.717) is 13.2 Å². The molecule has 0 heterocycles. The molecule has 0 saturated heterocycles.